The predicted octanol–water partition coefficient (Wildman–Crippen LogP) is -1.39. The first-order valence-electron chi connectivity index (χ1n) is 8.18. The molecule has 0 fully saturated rings. The average Bonchev–Trinajstić information content (AvgIpc) is 2.99. The molecule has 1 unspecified atom stereocenters. The third kappa shape index (κ3) is 4.77. The van der Waals surface area contributed by atoms with Crippen molar-refractivity contribution in [2.45, 2.75) is 32.5 Å². The Morgan fingerprint density at radius 3 is 2.85 bits per heavy atom. The topological polar surface area (TPSA) is 171 Å². The molecule has 0 aliphatic carbocycles. The molecule has 11 nitrogen and oxygen atoms in total. The quantitative estimate of drug-likeness (QED) is 0.389. The van der Waals surface area contributed by atoms with Gasteiger partial charge in [0.25, 0.3) is 5.56 Å². The highest BCUT2D eigenvalue weighted by Gasteiger charge is 2.20. The zero-order chi connectivity index (χ0) is 19.3. The molecule has 144 valence electrons. The molecule has 0 saturated carbocycles. The molecule has 2 aromatic heterocycles. The van der Waals surface area contributed by atoms with E-state index in [-0.39, 0.29) is 37.2 Å². The van der Waals surface area contributed by atoms with Crippen LogP contribution < -0.4 is 17.0 Å². The Hall–Kier alpha value is -2.50. The number of nitrogens with zero attached hydrogens (tertiary/aromatic N) is 3. The summed E-state index contributed by atoms with van der Waals surface area (Å²) >= 11 is 0. The van der Waals surface area contributed by atoms with Gasteiger partial charge >= 0.3 is 5.97 Å². The van der Waals surface area contributed by atoms with Gasteiger partial charge in [0, 0.05) is 6.54 Å². The molecular formula is C15H24N6O5. The van der Waals surface area contributed by atoms with Crippen molar-refractivity contribution >= 4 is 23.1 Å². The van der Waals surface area contributed by atoms with Crippen LogP contribution in [0.15, 0.2) is 11.1 Å². The molecule has 0 bridgehead atoms. The van der Waals surface area contributed by atoms with Crippen molar-refractivity contribution in [1.29, 1.82) is 0 Å². The lowest BCUT2D eigenvalue weighted by Crippen LogP contribution is -2.39. The molecule has 11 heteroatoms. The van der Waals surface area contributed by atoms with Gasteiger partial charge in [-0.25, -0.2) is 4.98 Å². The van der Waals surface area contributed by atoms with E-state index in [2.05, 4.69) is 15.0 Å². The molecule has 2 aromatic rings. The lowest BCUT2D eigenvalue weighted by Gasteiger charge is -2.19. The highest BCUT2D eigenvalue weighted by molar-refractivity contribution is 5.75. The van der Waals surface area contributed by atoms with Gasteiger partial charge in [-0.3, -0.25) is 14.6 Å². The van der Waals surface area contributed by atoms with Crippen LogP contribution in [-0.4, -0.2) is 62.6 Å². The SMILES string of the molecule is CC(C)[C@H](N)C(=O)OCC(CO)OCCn1cnc2c(=O)[nH]c(N)nc21. The van der Waals surface area contributed by atoms with Crippen LogP contribution in [0, 0.1) is 5.92 Å². The van der Waals surface area contributed by atoms with Crippen molar-refractivity contribution in [1.82, 2.24) is 19.5 Å². The first-order valence-corrected chi connectivity index (χ1v) is 8.18. The Morgan fingerprint density at radius 1 is 1.46 bits per heavy atom. The van der Waals surface area contributed by atoms with Crippen molar-refractivity contribution in [2.24, 2.45) is 11.7 Å². The van der Waals surface area contributed by atoms with Gasteiger partial charge in [-0.05, 0) is 5.92 Å². The van der Waals surface area contributed by atoms with Crippen molar-refractivity contribution in [3.63, 3.8) is 0 Å². The maximum atomic E-state index is 11.7. The van der Waals surface area contributed by atoms with E-state index in [1.165, 1.54) is 6.33 Å². The zero-order valence-corrected chi connectivity index (χ0v) is 14.7. The maximum Gasteiger partial charge on any atom is 0.323 e. The molecule has 2 heterocycles. The molecule has 26 heavy (non-hydrogen) atoms. The van der Waals surface area contributed by atoms with Crippen LogP contribution in [0.1, 0.15) is 13.8 Å². The number of nitrogen functional groups attached to an aromatic ring is 1. The predicted molar refractivity (Wildman–Crippen MR) is 93.2 cm³/mol. The number of nitrogens with two attached hydrogens (primary N) is 2. The van der Waals surface area contributed by atoms with E-state index < -0.39 is 23.7 Å². The summed E-state index contributed by atoms with van der Waals surface area (Å²) < 4.78 is 12.2. The van der Waals surface area contributed by atoms with Crippen molar-refractivity contribution in [2.75, 3.05) is 25.6 Å². The zero-order valence-electron chi connectivity index (χ0n) is 14.7. The number of esters is 1. The fourth-order valence-electron chi connectivity index (χ4n) is 2.15. The summed E-state index contributed by atoms with van der Waals surface area (Å²) in [5, 5.41) is 9.35. The van der Waals surface area contributed by atoms with Crippen LogP contribution in [-0.2, 0) is 20.8 Å². The molecule has 0 saturated heterocycles. The van der Waals surface area contributed by atoms with Crippen LogP contribution in [0.2, 0.25) is 0 Å². The highest BCUT2D eigenvalue weighted by Crippen LogP contribution is 2.07. The van der Waals surface area contributed by atoms with E-state index >= 15 is 0 Å². The Balaban J connectivity index is 1.88. The van der Waals surface area contributed by atoms with Gasteiger partial charge in [-0.1, -0.05) is 13.8 Å². The van der Waals surface area contributed by atoms with Crippen molar-refractivity contribution in [3.05, 3.63) is 16.7 Å². The second-order valence-electron chi connectivity index (χ2n) is 6.14. The second-order valence-corrected chi connectivity index (χ2v) is 6.14. The number of hydrogen-bond acceptors (Lipinski definition) is 9. The van der Waals surface area contributed by atoms with Gasteiger partial charge in [-0.15, -0.1) is 0 Å². The molecule has 0 aromatic carbocycles. The summed E-state index contributed by atoms with van der Waals surface area (Å²) in [5.41, 5.74) is 11.3. The van der Waals surface area contributed by atoms with Gasteiger partial charge in [-0.2, -0.15) is 4.98 Å². The second kappa shape index (κ2) is 8.74. The van der Waals surface area contributed by atoms with Crippen LogP contribution in [0.25, 0.3) is 11.2 Å². The number of aromatic amines is 1. The van der Waals surface area contributed by atoms with Crippen LogP contribution in [0.5, 0.6) is 0 Å². The molecule has 6 N–H and O–H groups in total. The number of carbonyl (C=O) groups excluding carboxylic acids is 1. The fraction of sp³-hybridized carbons (Fsp3) is 0.600. The molecule has 0 aliphatic rings. The summed E-state index contributed by atoms with van der Waals surface area (Å²) in [7, 11) is 0. The lowest BCUT2D eigenvalue weighted by molar-refractivity contribution is -0.151. The van der Waals surface area contributed by atoms with E-state index in [0.717, 1.165) is 0 Å². The van der Waals surface area contributed by atoms with Gasteiger partial charge < -0.3 is 30.6 Å². The average molecular weight is 368 g/mol. The van der Waals surface area contributed by atoms with E-state index in [9.17, 15) is 14.7 Å². The molecule has 0 radical (unpaired) electrons. The fourth-order valence-corrected chi connectivity index (χ4v) is 2.15. The summed E-state index contributed by atoms with van der Waals surface area (Å²) in [6.07, 6.45) is 0.764. The summed E-state index contributed by atoms with van der Waals surface area (Å²) in [5.74, 6) is -0.595. The number of aliphatic hydroxyl groups is 1. The number of ether oxygens (including phenoxy) is 2. The van der Waals surface area contributed by atoms with Crippen molar-refractivity contribution < 1.29 is 19.4 Å². The van der Waals surface area contributed by atoms with Crippen molar-refractivity contribution in [3.8, 4) is 0 Å². The van der Waals surface area contributed by atoms with E-state index in [1.54, 1.807) is 4.57 Å². The third-order valence-electron chi connectivity index (χ3n) is 3.78. The monoisotopic (exact) mass is 368 g/mol. The number of aromatic nitrogens is 4. The Labute approximate surface area is 149 Å². The van der Waals surface area contributed by atoms with E-state index in [1.807, 2.05) is 13.8 Å². The van der Waals surface area contributed by atoms with Gasteiger partial charge in [0.15, 0.2) is 11.2 Å². The number of aliphatic hydroxyl groups excluding tert-OH is 1. The van der Waals surface area contributed by atoms with E-state index in [0.29, 0.717) is 12.2 Å². The Kier molecular flexibility index (Phi) is 6.66. The normalized spacial score (nSPS) is 13.9. The Bertz CT molecular complexity index is 801. The first-order chi connectivity index (χ1) is 12.3. The number of hydrogen-bond donors (Lipinski definition) is 4. The first kappa shape index (κ1) is 19.8. The number of H-pyrrole nitrogens is 1. The minimum Gasteiger partial charge on any atom is -0.462 e. The molecule has 0 spiro atoms. The van der Waals surface area contributed by atoms with Crippen LogP contribution in [0.3, 0.4) is 0 Å². The number of fused-ring (bicyclic) bond motifs is 1. The van der Waals surface area contributed by atoms with Crippen LogP contribution >= 0.6 is 0 Å². The summed E-state index contributed by atoms with van der Waals surface area (Å²) in [6, 6.07) is -0.721. The summed E-state index contributed by atoms with van der Waals surface area (Å²) in [4.78, 5) is 33.8. The third-order valence-corrected chi connectivity index (χ3v) is 3.78. The van der Waals surface area contributed by atoms with Crippen LogP contribution in [0.4, 0.5) is 5.95 Å². The molecule has 0 amide bonds. The largest absolute Gasteiger partial charge is 0.462 e. The standard InChI is InChI=1S/C15H24N6O5/c1-8(2)10(16)14(24)26-6-9(5-22)25-4-3-21-7-18-11-12(21)19-15(17)20-13(11)23/h7-10,22H,3-6,16H2,1-2H3,(H3,17,19,20,23)/t9?,10-/m0/s1. The lowest BCUT2D eigenvalue weighted by atomic mass is 10.1. The van der Waals surface area contributed by atoms with Gasteiger partial charge in [0.1, 0.15) is 18.8 Å². The highest BCUT2D eigenvalue weighted by atomic mass is 16.6. The van der Waals surface area contributed by atoms with Gasteiger partial charge in [0.05, 0.1) is 19.5 Å². The Morgan fingerprint density at radius 2 is 2.19 bits per heavy atom. The molecular weight excluding hydrogens is 344 g/mol. The van der Waals surface area contributed by atoms with E-state index in [4.69, 9.17) is 20.9 Å². The number of carbonyl (C=O) groups is 1. The smallest absolute Gasteiger partial charge is 0.323 e. The summed E-state index contributed by atoms with van der Waals surface area (Å²) in [6.45, 7) is 3.70. The minimum absolute atomic E-state index is 0.00759. The maximum absolute atomic E-state index is 11.7. The molecule has 2 atom stereocenters. The minimum atomic E-state index is -0.721. The number of nitrogens with one attached hydrogen (secondary N) is 1. The number of imidazole rings is 1. The molecule has 0 aliphatic heterocycles. The number of rotatable bonds is 9. The molecule has 2 rings (SSSR count). The van der Waals surface area contributed by atoms with Gasteiger partial charge in [0.2, 0.25) is 5.95 Å². The number of anilines is 1.